The van der Waals surface area contributed by atoms with E-state index >= 15 is 0 Å². The summed E-state index contributed by atoms with van der Waals surface area (Å²) in [6.07, 6.45) is 0.0441. The molecule has 0 fully saturated rings. The molecule has 0 spiro atoms. The van der Waals surface area contributed by atoms with Gasteiger partial charge in [-0.15, -0.1) is 0 Å². The van der Waals surface area contributed by atoms with Crippen LogP contribution in [0.4, 0.5) is 11.4 Å². The van der Waals surface area contributed by atoms with Gasteiger partial charge in [0.15, 0.2) is 9.84 Å². The molecule has 0 aliphatic rings. The monoisotopic (exact) mass is 464 g/mol. The van der Waals surface area contributed by atoms with Crippen molar-refractivity contribution in [1.82, 2.24) is 0 Å². The fraction of sp³-hybridized carbons (Fsp3) is 0.188. The number of halogens is 3. The molecule has 3 N–H and O–H groups in total. The lowest BCUT2D eigenvalue weighted by molar-refractivity contribution is -0.115. The summed E-state index contributed by atoms with van der Waals surface area (Å²) in [5, 5.41) is 3.20. The number of nitrogen functional groups attached to an aromatic ring is 1. The molecule has 0 aromatic heterocycles. The van der Waals surface area contributed by atoms with Crippen LogP contribution in [0, 0.1) is 0 Å². The Morgan fingerprint density at radius 2 is 1.84 bits per heavy atom. The molecule has 2 rings (SSSR count). The van der Waals surface area contributed by atoms with Gasteiger partial charge in [-0.2, -0.15) is 0 Å². The van der Waals surface area contributed by atoms with Crippen molar-refractivity contribution in [3.05, 3.63) is 50.4 Å². The lowest BCUT2D eigenvalue weighted by Crippen LogP contribution is -2.16. The van der Waals surface area contributed by atoms with Crippen LogP contribution >= 0.6 is 39.1 Å². The SMILES string of the molecule is CCS(=O)(=O)c1ccc(CC(=O)Nc2c(N)cc(Cl)c(Br)c2Cl)cc1. The standard InChI is InChI=1S/C16H15BrCl2N2O3S/c1-2-25(23,24)10-5-3-9(4-6-10)7-13(22)21-16-12(20)8-11(18)14(17)15(16)19/h3-6,8H,2,7,20H2,1H3,(H,21,22). The van der Waals surface area contributed by atoms with E-state index in [1.54, 1.807) is 19.1 Å². The zero-order valence-corrected chi connectivity index (χ0v) is 17.1. The van der Waals surface area contributed by atoms with Crippen LogP contribution in [0.3, 0.4) is 0 Å². The van der Waals surface area contributed by atoms with E-state index in [-0.39, 0.29) is 39.4 Å². The second-order valence-electron chi connectivity index (χ2n) is 5.22. The number of benzene rings is 2. The van der Waals surface area contributed by atoms with Gasteiger partial charge < -0.3 is 11.1 Å². The normalized spacial score (nSPS) is 11.4. The third-order valence-corrected chi connectivity index (χ3v) is 7.19. The van der Waals surface area contributed by atoms with E-state index in [9.17, 15) is 13.2 Å². The molecule has 2 aromatic carbocycles. The molecular formula is C16H15BrCl2N2O3S. The summed E-state index contributed by atoms with van der Waals surface area (Å²) in [4.78, 5) is 12.5. The number of carbonyl (C=O) groups is 1. The van der Waals surface area contributed by atoms with E-state index < -0.39 is 9.84 Å². The first-order valence-corrected chi connectivity index (χ1v) is 10.4. The Morgan fingerprint density at radius 1 is 1.24 bits per heavy atom. The molecule has 2 aromatic rings. The predicted molar refractivity (Wildman–Crippen MR) is 105 cm³/mol. The Hall–Kier alpha value is -1.28. The number of hydrogen-bond donors (Lipinski definition) is 2. The lowest BCUT2D eigenvalue weighted by atomic mass is 10.1. The average Bonchev–Trinajstić information content (AvgIpc) is 2.57. The lowest BCUT2D eigenvalue weighted by Gasteiger charge is -2.13. The molecule has 0 radical (unpaired) electrons. The molecule has 0 aliphatic heterocycles. The van der Waals surface area contributed by atoms with Crippen LogP contribution in [0.25, 0.3) is 0 Å². The van der Waals surface area contributed by atoms with E-state index in [0.717, 1.165) is 0 Å². The highest BCUT2D eigenvalue weighted by atomic mass is 79.9. The van der Waals surface area contributed by atoms with E-state index in [1.807, 2.05) is 0 Å². The van der Waals surface area contributed by atoms with Crippen LogP contribution in [-0.2, 0) is 21.1 Å². The van der Waals surface area contributed by atoms with Crippen molar-refractivity contribution >= 4 is 66.3 Å². The number of nitrogens with one attached hydrogen (secondary N) is 1. The van der Waals surface area contributed by atoms with Gasteiger partial charge in [0.25, 0.3) is 0 Å². The summed E-state index contributed by atoms with van der Waals surface area (Å²) >= 11 is 15.3. The highest BCUT2D eigenvalue weighted by Gasteiger charge is 2.16. The van der Waals surface area contributed by atoms with Gasteiger partial charge in [0.2, 0.25) is 5.91 Å². The van der Waals surface area contributed by atoms with Crippen molar-refractivity contribution in [2.24, 2.45) is 0 Å². The Morgan fingerprint density at radius 3 is 2.40 bits per heavy atom. The zero-order valence-electron chi connectivity index (χ0n) is 13.1. The molecular weight excluding hydrogens is 451 g/mol. The van der Waals surface area contributed by atoms with Crippen LogP contribution in [0.15, 0.2) is 39.7 Å². The number of amides is 1. The number of hydrogen-bond acceptors (Lipinski definition) is 4. The minimum Gasteiger partial charge on any atom is -0.397 e. The van der Waals surface area contributed by atoms with Gasteiger partial charge in [0, 0.05) is 0 Å². The van der Waals surface area contributed by atoms with Crippen molar-refractivity contribution < 1.29 is 13.2 Å². The summed E-state index contributed by atoms with van der Waals surface area (Å²) < 4.78 is 24.0. The van der Waals surface area contributed by atoms with Crippen molar-refractivity contribution in [3.8, 4) is 0 Å². The predicted octanol–water partition coefficient (Wildman–Crippen LogP) is 4.31. The number of sulfone groups is 1. The first-order chi connectivity index (χ1) is 11.7. The minimum atomic E-state index is -3.26. The molecule has 0 atom stereocenters. The van der Waals surface area contributed by atoms with Gasteiger partial charge in [0.05, 0.1) is 43.0 Å². The van der Waals surface area contributed by atoms with Crippen LogP contribution in [0.1, 0.15) is 12.5 Å². The van der Waals surface area contributed by atoms with Gasteiger partial charge in [-0.1, -0.05) is 42.3 Å². The highest BCUT2D eigenvalue weighted by molar-refractivity contribution is 9.10. The Balaban J connectivity index is 2.15. The summed E-state index contributed by atoms with van der Waals surface area (Å²) in [5.41, 5.74) is 7.02. The van der Waals surface area contributed by atoms with E-state index in [0.29, 0.717) is 15.1 Å². The molecule has 0 unspecified atom stereocenters. The smallest absolute Gasteiger partial charge is 0.228 e. The molecule has 5 nitrogen and oxygen atoms in total. The molecule has 0 heterocycles. The summed E-state index contributed by atoms with van der Waals surface area (Å²) in [7, 11) is -3.26. The van der Waals surface area contributed by atoms with E-state index in [2.05, 4.69) is 21.2 Å². The van der Waals surface area contributed by atoms with Gasteiger partial charge in [-0.05, 0) is 39.7 Å². The van der Waals surface area contributed by atoms with Gasteiger partial charge in [-0.3, -0.25) is 4.79 Å². The maximum absolute atomic E-state index is 12.2. The van der Waals surface area contributed by atoms with Crippen molar-refractivity contribution in [2.75, 3.05) is 16.8 Å². The molecule has 9 heteroatoms. The third-order valence-electron chi connectivity index (χ3n) is 3.48. The van der Waals surface area contributed by atoms with E-state index in [4.69, 9.17) is 28.9 Å². The average molecular weight is 466 g/mol. The zero-order chi connectivity index (χ0) is 18.8. The summed E-state index contributed by atoms with van der Waals surface area (Å²) in [6.45, 7) is 1.58. The first-order valence-electron chi connectivity index (χ1n) is 7.20. The van der Waals surface area contributed by atoms with Crippen LogP contribution in [0.2, 0.25) is 10.0 Å². The fourth-order valence-electron chi connectivity index (χ4n) is 2.09. The molecule has 0 saturated heterocycles. The second kappa shape index (κ2) is 7.95. The maximum Gasteiger partial charge on any atom is 0.228 e. The Bertz CT molecular complexity index is 916. The first kappa shape index (κ1) is 20.0. The molecule has 0 bridgehead atoms. The summed E-state index contributed by atoms with van der Waals surface area (Å²) in [6, 6.07) is 7.66. The largest absolute Gasteiger partial charge is 0.397 e. The van der Waals surface area contributed by atoms with Crippen LogP contribution in [-0.4, -0.2) is 20.1 Å². The van der Waals surface area contributed by atoms with Crippen molar-refractivity contribution in [1.29, 1.82) is 0 Å². The molecule has 134 valence electrons. The fourth-order valence-corrected chi connectivity index (χ4v) is 3.81. The van der Waals surface area contributed by atoms with Crippen LogP contribution in [0.5, 0.6) is 0 Å². The quantitative estimate of drug-likeness (QED) is 0.508. The second-order valence-corrected chi connectivity index (χ2v) is 9.08. The number of anilines is 2. The maximum atomic E-state index is 12.2. The molecule has 1 amide bonds. The van der Waals surface area contributed by atoms with Crippen molar-refractivity contribution in [3.63, 3.8) is 0 Å². The van der Waals surface area contributed by atoms with Gasteiger partial charge in [0.1, 0.15) is 0 Å². The molecule has 0 saturated carbocycles. The number of rotatable bonds is 5. The Labute approximate surface area is 164 Å². The molecule has 0 aliphatic carbocycles. The van der Waals surface area contributed by atoms with Gasteiger partial charge >= 0.3 is 0 Å². The van der Waals surface area contributed by atoms with E-state index in [1.165, 1.54) is 18.2 Å². The number of carbonyl (C=O) groups excluding carboxylic acids is 1. The topological polar surface area (TPSA) is 89.3 Å². The third kappa shape index (κ3) is 4.67. The summed E-state index contributed by atoms with van der Waals surface area (Å²) in [5.74, 6) is -0.315. The minimum absolute atomic E-state index is 0.0239. The number of nitrogens with two attached hydrogens (primary N) is 1. The van der Waals surface area contributed by atoms with Crippen molar-refractivity contribution in [2.45, 2.75) is 18.2 Å². The Kier molecular flexibility index (Phi) is 6.37. The van der Waals surface area contributed by atoms with Crippen LogP contribution < -0.4 is 11.1 Å². The highest BCUT2D eigenvalue weighted by Crippen LogP contribution is 2.40. The molecule has 25 heavy (non-hydrogen) atoms. The van der Waals surface area contributed by atoms with Gasteiger partial charge in [-0.25, -0.2) is 8.42 Å².